The summed E-state index contributed by atoms with van der Waals surface area (Å²) in [6.45, 7) is 5.35. The third-order valence-corrected chi connectivity index (χ3v) is 7.88. The van der Waals surface area contributed by atoms with E-state index < -0.39 is 29.1 Å². The highest BCUT2D eigenvalue weighted by Gasteiger charge is 2.58. The Morgan fingerprint density at radius 1 is 1.05 bits per heavy atom. The normalized spacial score (nSPS) is 20.1. The molecule has 1 saturated heterocycles. The molecule has 3 aromatic rings. The minimum absolute atomic E-state index is 0.0226. The number of fused-ring (bicyclic) bond motifs is 1. The van der Waals surface area contributed by atoms with E-state index in [0.29, 0.717) is 23.7 Å². The predicted octanol–water partition coefficient (Wildman–Crippen LogP) is 5.06. The first-order valence-electron chi connectivity index (χ1n) is 12.6. The average Bonchev–Trinajstić information content (AvgIpc) is 3.45. The Morgan fingerprint density at radius 2 is 1.69 bits per heavy atom. The van der Waals surface area contributed by atoms with Crippen LogP contribution < -0.4 is 0 Å². The van der Waals surface area contributed by atoms with Gasteiger partial charge in [-0.1, -0.05) is 6.92 Å². The van der Waals surface area contributed by atoms with Gasteiger partial charge >= 0.3 is 6.18 Å². The second kappa shape index (κ2) is 8.77. The summed E-state index contributed by atoms with van der Waals surface area (Å²) in [4.78, 5) is 33.2. The number of amides is 2. The first kappa shape index (κ1) is 27.1. The average molecular weight is 548 g/mol. The topological polar surface area (TPSA) is 86.9 Å². The lowest BCUT2D eigenvalue weighted by atomic mass is 9.95. The van der Waals surface area contributed by atoms with Crippen molar-refractivity contribution in [2.24, 2.45) is 0 Å². The molecule has 0 radical (unpaired) electrons. The molecule has 2 aliphatic rings. The summed E-state index contributed by atoms with van der Waals surface area (Å²) in [5.41, 5.74) is -1.54. The lowest BCUT2D eigenvalue weighted by Crippen LogP contribution is -2.66. The number of aromatic nitrogens is 1. The highest BCUT2D eigenvalue weighted by Crippen LogP contribution is 2.50. The number of rotatable bonds is 4. The largest absolute Gasteiger partial charge is 0.449 e. The zero-order valence-electron chi connectivity index (χ0n) is 22.0. The lowest BCUT2D eigenvalue weighted by Gasteiger charge is -2.48. The third kappa shape index (κ3) is 4.66. The van der Waals surface area contributed by atoms with Gasteiger partial charge in [0.2, 0.25) is 5.60 Å². The summed E-state index contributed by atoms with van der Waals surface area (Å²) >= 11 is 0. The fourth-order valence-electron chi connectivity index (χ4n) is 5.07. The fourth-order valence-corrected chi connectivity index (χ4v) is 5.07. The number of alkyl halides is 3. The van der Waals surface area contributed by atoms with Crippen LogP contribution in [0.3, 0.4) is 0 Å². The molecule has 1 atom stereocenters. The monoisotopic (exact) mass is 547 g/mol. The SMILES string of the molecule is CC1(c2cc(-c3ccc(F)cc3)nc3cc(C(=O)N4CCN(C(=O)C(C)(O)C(F)(F)F)CC4(C)C)oc23)CC1. The molecular formula is C28H29F4N3O4. The molecule has 0 bridgehead atoms. The van der Waals surface area contributed by atoms with Crippen LogP contribution in [0.5, 0.6) is 0 Å². The minimum Gasteiger partial charge on any atom is -0.449 e. The molecular weight excluding hydrogens is 518 g/mol. The van der Waals surface area contributed by atoms with Crippen LogP contribution in [0.15, 0.2) is 40.8 Å². The fraction of sp³-hybridized carbons (Fsp3) is 0.464. The highest BCUT2D eigenvalue weighted by atomic mass is 19.4. The summed E-state index contributed by atoms with van der Waals surface area (Å²) < 4.78 is 59.3. The van der Waals surface area contributed by atoms with Crippen LogP contribution in [0, 0.1) is 5.82 Å². The molecule has 2 fully saturated rings. The Labute approximate surface area is 222 Å². The van der Waals surface area contributed by atoms with E-state index in [-0.39, 0.29) is 36.6 Å². The maximum atomic E-state index is 13.6. The maximum Gasteiger partial charge on any atom is 0.426 e. The van der Waals surface area contributed by atoms with Crippen LogP contribution in [0.4, 0.5) is 17.6 Å². The van der Waals surface area contributed by atoms with E-state index in [1.165, 1.54) is 17.0 Å². The van der Waals surface area contributed by atoms with Crippen LogP contribution >= 0.6 is 0 Å². The molecule has 5 rings (SSSR count). The number of pyridine rings is 1. The second-order valence-corrected chi connectivity index (χ2v) is 11.5. The number of hydrogen-bond acceptors (Lipinski definition) is 5. The Balaban J connectivity index is 1.45. The van der Waals surface area contributed by atoms with Crippen molar-refractivity contribution in [2.75, 3.05) is 19.6 Å². The Morgan fingerprint density at radius 3 is 2.26 bits per heavy atom. The zero-order chi connectivity index (χ0) is 28.5. The number of furan rings is 1. The number of nitrogens with zero attached hydrogens (tertiary/aromatic N) is 3. The number of benzene rings is 1. The van der Waals surface area contributed by atoms with Crippen molar-refractivity contribution < 1.29 is 36.7 Å². The van der Waals surface area contributed by atoms with Crippen molar-refractivity contribution in [3.05, 3.63) is 53.5 Å². The first-order valence-corrected chi connectivity index (χ1v) is 12.6. The van der Waals surface area contributed by atoms with E-state index in [4.69, 9.17) is 4.42 Å². The highest BCUT2D eigenvalue weighted by molar-refractivity contribution is 5.97. The van der Waals surface area contributed by atoms with Crippen LogP contribution in [0.1, 0.15) is 56.7 Å². The molecule has 1 aliphatic heterocycles. The van der Waals surface area contributed by atoms with Gasteiger partial charge in [-0.15, -0.1) is 0 Å². The molecule has 1 aromatic carbocycles. The Bertz CT molecular complexity index is 1460. The molecule has 208 valence electrons. The number of hydrogen-bond donors (Lipinski definition) is 1. The van der Waals surface area contributed by atoms with Crippen molar-refractivity contribution in [1.82, 2.24) is 14.8 Å². The zero-order valence-corrected chi connectivity index (χ0v) is 22.0. The van der Waals surface area contributed by atoms with Crippen LogP contribution in [-0.2, 0) is 10.2 Å². The van der Waals surface area contributed by atoms with E-state index in [1.807, 2.05) is 6.07 Å². The standard InChI is InChI=1S/C28H29F4N3O4/c1-25(2)15-34(24(37)27(4,38)28(30,31)32)11-12-35(25)23(36)21-14-20-22(39-21)18(26(3)9-10-26)13-19(33-20)16-5-7-17(29)8-6-16/h5-8,13-14,38H,9-12,15H2,1-4H3. The van der Waals surface area contributed by atoms with E-state index >= 15 is 0 Å². The van der Waals surface area contributed by atoms with Gasteiger partial charge in [-0.3, -0.25) is 9.59 Å². The predicted molar refractivity (Wildman–Crippen MR) is 134 cm³/mol. The Hall–Kier alpha value is -3.47. The molecule has 2 amide bonds. The number of halogens is 4. The summed E-state index contributed by atoms with van der Waals surface area (Å²) in [7, 11) is 0. The van der Waals surface area contributed by atoms with Crippen LogP contribution in [0.2, 0.25) is 0 Å². The van der Waals surface area contributed by atoms with Crippen molar-refractivity contribution >= 4 is 22.9 Å². The summed E-state index contributed by atoms with van der Waals surface area (Å²) in [5.74, 6) is -2.28. The third-order valence-electron chi connectivity index (χ3n) is 7.88. The maximum absolute atomic E-state index is 13.6. The van der Waals surface area contributed by atoms with E-state index in [2.05, 4.69) is 11.9 Å². The quantitative estimate of drug-likeness (QED) is 0.462. The van der Waals surface area contributed by atoms with Crippen molar-refractivity contribution in [3.63, 3.8) is 0 Å². The number of piperazine rings is 1. The summed E-state index contributed by atoms with van der Waals surface area (Å²) in [6, 6.07) is 9.42. The van der Waals surface area contributed by atoms with Gasteiger partial charge in [0, 0.05) is 36.8 Å². The van der Waals surface area contributed by atoms with Crippen molar-refractivity contribution in [3.8, 4) is 11.3 Å². The van der Waals surface area contributed by atoms with Crippen molar-refractivity contribution in [2.45, 2.75) is 63.3 Å². The van der Waals surface area contributed by atoms with Gasteiger partial charge < -0.3 is 19.3 Å². The molecule has 39 heavy (non-hydrogen) atoms. The summed E-state index contributed by atoms with van der Waals surface area (Å²) in [5, 5.41) is 9.85. The lowest BCUT2D eigenvalue weighted by molar-refractivity contribution is -0.251. The van der Waals surface area contributed by atoms with Gasteiger partial charge in [0.1, 0.15) is 11.3 Å². The van der Waals surface area contributed by atoms with Crippen LogP contribution in [-0.4, -0.2) is 68.7 Å². The minimum atomic E-state index is -5.13. The molecule has 7 nitrogen and oxygen atoms in total. The number of carbonyl (C=O) groups is 2. The summed E-state index contributed by atoms with van der Waals surface area (Å²) in [6.07, 6.45) is -3.27. The van der Waals surface area contributed by atoms with E-state index in [1.54, 1.807) is 32.0 Å². The molecule has 3 heterocycles. The number of carbonyl (C=O) groups excluding carboxylic acids is 2. The smallest absolute Gasteiger partial charge is 0.426 e. The van der Waals surface area contributed by atoms with Gasteiger partial charge in [-0.25, -0.2) is 9.37 Å². The van der Waals surface area contributed by atoms with Crippen LogP contribution in [0.25, 0.3) is 22.4 Å². The molecule has 0 spiro atoms. The van der Waals surface area contributed by atoms with Crippen molar-refractivity contribution in [1.29, 1.82) is 0 Å². The van der Waals surface area contributed by atoms with Gasteiger partial charge in [0.25, 0.3) is 11.8 Å². The van der Waals surface area contributed by atoms with E-state index in [9.17, 15) is 32.3 Å². The van der Waals surface area contributed by atoms with Gasteiger partial charge in [-0.05, 0) is 69.4 Å². The first-order chi connectivity index (χ1) is 18.0. The Kier molecular flexibility index (Phi) is 6.10. The molecule has 11 heteroatoms. The van der Waals surface area contributed by atoms with Gasteiger partial charge in [0.15, 0.2) is 11.3 Å². The molecule has 1 N–H and O–H groups in total. The van der Waals surface area contributed by atoms with Gasteiger partial charge in [-0.2, -0.15) is 13.2 Å². The van der Waals surface area contributed by atoms with E-state index in [0.717, 1.165) is 28.9 Å². The second-order valence-electron chi connectivity index (χ2n) is 11.5. The molecule has 1 unspecified atom stereocenters. The number of aliphatic hydroxyl groups is 1. The molecule has 1 aliphatic carbocycles. The van der Waals surface area contributed by atoms with Gasteiger partial charge in [0.05, 0.1) is 11.2 Å². The molecule has 2 aromatic heterocycles. The molecule has 1 saturated carbocycles.